The van der Waals surface area contributed by atoms with Crippen molar-refractivity contribution in [3.05, 3.63) is 152 Å². The quantitative estimate of drug-likeness (QED) is 0.195. The van der Waals surface area contributed by atoms with Crippen molar-refractivity contribution in [2.45, 2.75) is 0 Å². The van der Waals surface area contributed by atoms with Gasteiger partial charge < -0.3 is 18.1 Å². The number of furan rings is 1. The summed E-state index contributed by atoms with van der Waals surface area (Å²) in [5, 5.41) is 7.04. The summed E-state index contributed by atoms with van der Waals surface area (Å²) in [4.78, 5) is 4.98. The van der Waals surface area contributed by atoms with Crippen LogP contribution in [0.1, 0.15) is 0 Å². The van der Waals surface area contributed by atoms with Crippen LogP contribution in [0.15, 0.2) is 156 Å². The lowest BCUT2D eigenvalue weighted by Crippen LogP contribution is -1.97. The molecule has 5 heteroatoms. The third-order valence-electron chi connectivity index (χ3n) is 10.2. The molecular formula is C44H28N4O. The van der Waals surface area contributed by atoms with E-state index in [2.05, 4.69) is 166 Å². The molecule has 0 fully saturated rings. The molecule has 0 aliphatic rings. The number of aromatic nitrogens is 4. The van der Waals surface area contributed by atoms with E-state index in [1.54, 1.807) is 0 Å². The van der Waals surface area contributed by atoms with Gasteiger partial charge in [0.25, 0.3) is 0 Å². The van der Waals surface area contributed by atoms with Crippen LogP contribution in [0.25, 0.3) is 99.3 Å². The number of imidazole rings is 1. The van der Waals surface area contributed by atoms with E-state index in [9.17, 15) is 0 Å². The molecule has 5 nitrogen and oxygen atoms in total. The summed E-state index contributed by atoms with van der Waals surface area (Å²) >= 11 is 0. The molecule has 11 aromatic rings. The molecule has 0 aliphatic heterocycles. The van der Waals surface area contributed by atoms with Crippen molar-refractivity contribution < 1.29 is 4.42 Å². The van der Waals surface area contributed by atoms with Crippen LogP contribution in [0.5, 0.6) is 0 Å². The maximum Gasteiger partial charge on any atom is 0.160 e. The molecule has 49 heavy (non-hydrogen) atoms. The standard InChI is InChI=1S/C44H28N4O/c1-46-36-21-11-8-18-33(36)45-44(46)27-23-25-29(26-24-27)47-34-19-9-5-15-30(34)38-39-32-17-7-12-22-37(32)49-43(39)42-40(41(38)47)31-16-6-10-20-35(31)48(42)28-13-3-2-4-14-28/h2-26H,1H3. The number of benzene rings is 7. The van der Waals surface area contributed by atoms with Crippen molar-refractivity contribution in [2.24, 2.45) is 7.05 Å². The van der Waals surface area contributed by atoms with E-state index in [4.69, 9.17) is 9.40 Å². The van der Waals surface area contributed by atoms with E-state index in [-0.39, 0.29) is 0 Å². The molecule has 0 N–H and O–H groups in total. The molecule has 4 aromatic heterocycles. The predicted octanol–water partition coefficient (Wildman–Crippen LogP) is 11.3. The molecule has 0 unspecified atom stereocenters. The predicted molar refractivity (Wildman–Crippen MR) is 202 cm³/mol. The lowest BCUT2D eigenvalue weighted by atomic mass is 10.0. The highest BCUT2D eigenvalue weighted by molar-refractivity contribution is 6.39. The van der Waals surface area contributed by atoms with Crippen LogP contribution in [-0.4, -0.2) is 18.7 Å². The Balaban J connectivity index is 1.32. The molecule has 0 aliphatic carbocycles. The van der Waals surface area contributed by atoms with Gasteiger partial charge in [0.1, 0.15) is 11.4 Å². The largest absolute Gasteiger partial charge is 0.454 e. The van der Waals surface area contributed by atoms with Crippen LogP contribution in [0, 0.1) is 0 Å². The van der Waals surface area contributed by atoms with Crippen LogP contribution < -0.4 is 0 Å². The monoisotopic (exact) mass is 628 g/mol. The molecule has 0 saturated heterocycles. The second kappa shape index (κ2) is 9.72. The third kappa shape index (κ3) is 3.51. The topological polar surface area (TPSA) is 40.8 Å². The SMILES string of the molecule is Cn1c(-c2ccc(-n3c4ccccc4c4c5c6ccccc6oc5c5c(c6ccccc6n5-c5ccccc5)c43)cc2)nc2ccccc21. The zero-order chi connectivity index (χ0) is 32.2. The molecule has 230 valence electrons. The van der Waals surface area contributed by atoms with Gasteiger partial charge in [-0.1, -0.05) is 84.9 Å². The Morgan fingerprint density at radius 3 is 1.78 bits per heavy atom. The van der Waals surface area contributed by atoms with E-state index < -0.39 is 0 Å². The Kier molecular flexibility index (Phi) is 5.25. The second-order valence-corrected chi connectivity index (χ2v) is 12.8. The normalized spacial score (nSPS) is 12.2. The van der Waals surface area contributed by atoms with Gasteiger partial charge >= 0.3 is 0 Å². The Morgan fingerprint density at radius 1 is 0.469 bits per heavy atom. The first kappa shape index (κ1) is 26.5. The first-order valence-electron chi connectivity index (χ1n) is 16.6. The summed E-state index contributed by atoms with van der Waals surface area (Å²) in [7, 11) is 2.09. The minimum atomic E-state index is 0.889. The Morgan fingerprint density at radius 2 is 1.04 bits per heavy atom. The molecule has 0 spiro atoms. The number of hydrogen-bond acceptors (Lipinski definition) is 2. The van der Waals surface area contributed by atoms with Gasteiger partial charge in [-0.2, -0.15) is 0 Å². The molecule has 0 saturated carbocycles. The lowest BCUT2D eigenvalue weighted by Gasteiger charge is -2.12. The number of hydrogen-bond donors (Lipinski definition) is 0. The van der Waals surface area contributed by atoms with Gasteiger partial charge in [0.05, 0.1) is 33.1 Å². The van der Waals surface area contributed by atoms with E-state index in [0.717, 1.165) is 72.3 Å². The maximum atomic E-state index is 6.89. The van der Waals surface area contributed by atoms with Crippen LogP contribution in [-0.2, 0) is 7.05 Å². The van der Waals surface area contributed by atoms with Crippen molar-refractivity contribution in [2.75, 3.05) is 0 Å². The summed E-state index contributed by atoms with van der Waals surface area (Å²) in [6.45, 7) is 0. The molecule has 0 bridgehead atoms. The van der Waals surface area contributed by atoms with Gasteiger partial charge in [-0.25, -0.2) is 4.98 Å². The lowest BCUT2D eigenvalue weighted by molar-refractivity contribution is 0.671. The second-order valence-electron chi connectivity index (χ2n) is 12.8. The van der Waals surface area contributed by atoms with Gasteiger partial charge in [-0.3, -0.25) is 0 Å². The smallest absolute Gasteiger partial charge is 0.160 e. The van der Waals surface area contributed by atoms with Gasteiger partial charge in [0, 0.05) is 56.3 Å². The Bertz CT molecular complexity index is 3100. The molecule has 0 amide bonds. The summed E-state index contributed by atoms with van der Waals surface area (Å²) in [6, 6.07) is 53.8. The van der Waals surface area contributed by atoms with Crippen LogP contribution >= 0.6 is 0 Å². The number of rotatable bonds is 3. The average molecular weight is 629 g/mol. The third-order valence-corrected chi connectivity index (χ3v) is 10.2. The highest BCUT2D eigenvalue weighted by atomic mass is 16.3. The summed E-state index contributed by atoms with van der Waals surface area (Å²) < 4.78 is 13.9. The number of para-hydroxylation sites is 6. The molecule has 11 rings (SSSR count). The van der Waals surface area contributed by atoms with Crippen molar-refractivity contribution in [3.63, 3.8) is 0 Å². The van der Waals surface area contributed by atoms with Crippen LogP contribution in [0.4, 0.5) is 0 Å². The van der Waals surface area contributed by atoms with Crippen molar-refractivity contribution in [1.29, 1.82) is 0 Å². The van der Waals surface area contributed by atoms with Gasteiger partial charge in [-0.05, 0) is 66.7 Å². The molecule has 7 aromatic carbocycles. The van der Waals surface area contributed by atoms with Crippen LogP contribution in [0.3, 0.4) is 0 Å². The first-order valence-corrected chi connectivity index (χ1v) is 16.6. The molecule has 0 radical (unpaired) electrons. The number of nitrogens with zero attached hydrogens (tertiary/aromatic N) is 4. The number of fused-ring (bicyclic) bond motifs is 13. The fraction of sp³-hybridized carbons (Fsp3) is 0.0227. The summed E-state index contributed by atoms with van der Waals surface area (Å²) in [5.41, 5.74) is 11.8. The zero-order valence-electron chi connectivity index (χ0n) is 26.6. The first-order chi connectivity index (χ1) is 24.3. The Labute approximate surface area is 280 Å². The highest BCUT2D eigenvalue weighted by Crippen LogP contribution is 2.49. The van der Waals surface area contributed by atoms with Crippen LogP contribution in [0.2, 0.25) is 0 Å². The summed E-state index contributed by atoms with van der Waals surface area (Å²) in [6.07, 6.45) is 0. The van der Waals surface area contributed by atoms with E-state index >= 15 is 0 Å². The highest BCUT2D eigenvalue weighted by Gasteiger charge is 2.27. The zero-order valence-corrected chi connectivity index (χ0v) is 26.6. The van der Waals surface area contributed by atoms with E-state index in [1.165, 1.54) is 27.1 Å². The average Bonchev–Trinajstić information content (AvgIpc) is 3.90. The molecular weight excluding hydrogens is 601 g/mol. The fourth-order valence-corrected chi connectivity index (χ4v) is 8.16. The maximum absolute atomic E-state index is 6.89. The minimum Gasteiger partial charge on any atom is -0.454 e. The van der Waals surface area contributed by atoms with Gasteiger partial charge in [-0.15, -0.1) is 0 Å². The van der Waals surface area contributed by atoms with Gasteiger partial charge in [0.15, 0.2) is 5.58 Å². The van der Waals surface area contributed by atoms with E-state index in [0.29, 0.717) is 0 Å². The minimum absolute atomic E-state index is 0.889. The van der Waals surface area contributed by atoms with Crippen molar-refractivity contribution in [3.8, 4) is 22.8 Å². The number of aryl methyl sites for hydroxylation is 1. The summed E-state index contributed by atoms with van der Waals surface area (Å²) in [5.74, 6) is 0.954. The van der Waals surface area contributed by atoms with Crippen molar-refractivity contribution >= 4 is 76.6 Å². The van der Waals surface area contributed by atoms with Gasteiger partial charge in [0.2, 0.25) is 0 Å². The molecule has 4 heterocycles. The fourth-order valence-electron chi connectivity index (χ4n) is 8.16. The van der Waals surface area contributed by atoms with Crippen molar-refractivity contribution in [1.82, 2.24) is 18.7 Å². The molecule has 0 atom stereocenters. The van der Waals surface area contributed by atoms with E-state index in [1.807, 2.05) is 6.07 Å². The Hall–Kier alpha value is -6.59.